The molecule has 5 rings (SSSR count). The molecule has 3 aromatic heterocycles. The van der Waals surface area contributed by atoms with Crippen LogP contribution in [0.5, 0.6) is 0 Å². The van der Waals surface area contributed by atoms with Gasteiger partial charge in [-0.3, -0.25) is 4.79 Å². The van der Waals surface area contributed by atoms with Gasteiger partial charge in [-0.1, -0.05) is 0 Å². The molecule has 3 N–H and O–H groups in total. The lowest BCUT2D eigenvalue weighted by Gasteiger charge is -2.28. The van der Waals surface area contributed by atoms with Gasteiger partial charge in [0.25, 0.3) is 5.91 Å². The van der Waals surface area contributed by atoms with E-state index in [1.807, 2.05) is 12.1 Å². The maximum atomic E-state index is 11.3. The number of ether oxygens (including phenoxy) is 1. The van der Waals surface area contributed by atoms with Gasteiger partial charge in [0.1, 0.15) is 17.7 Å². The number of hydrogen-bond donors (Lipinski definition) is 2. The lowest BCUT2D eigenvalue weighted by atomic mass is 10.2. The molecule has 0 radical (unpaired) electrons. The Kier molecular flexibility index (Phi) is 4.73. The molecule has 0 spiro atoms. The summed E-state index contributed by atoms with van der Waals surface area (Å²) in [5, 5.41) is 9.56. The molecule has 1 aromatic carbocycles. The van der Waals surface area contributed by atoms with Gasteiger partial charge in [-0.2, -0.15) is 5.10 Å². The Labute approximate surface area is 175 Å². The summed E-state index contributed by atoms with van der Waals surface area (Å²) >= 11 is 1.18. The van der Waals surface area contributed by atoms with E-state index in [2.05, 4.69) is 42.4 Å². The summed E-state index contributed by atoms with van der Waals surface area (Å²) in [6.07, 6.45) is 3.10. The van der Waals surface area contributed by atoms with Crippen molar-refractivity contribution in [1.29, 1.82) is 0 Å². The number of carbonyl (C=O) groups is 1. The normalized spacial score (nSPS) is 14.2. The molecule has 152 valence electrons. The molecule has 1 fully saturated rings. The summed E-state index contributed by atoms with van der Waals surface area (Å²) < 4.78 is 7.04. The molecule has 1 aliphatic rings. The Bertz CT molecular complexity index is 1200. The summed E-state index contributed by atoms with van der Waals surface area (Å²) in [5.74, 6) is 0.00795. The first-order valence-corrected chi connectivity index (χ1v) is 10.2. The Hall–Kier alpha value is -3.57. The number of primary amides is 1. The van der Waals surface area contributed by atoms with Crippen LogP contribution in [0.4, 0.5) is 17.2 Å². The number of fused-ring (bicyclic) bond motifs is 1. The maximum Gasteiger partial charge on any atom is 0.277 e. The van der Waals surface area contributed by atoms with Gasteiger partial charge >= 0.3 is 0 Å². The minimum atomic E-state index is -0.562. The highest BCUT2D eigenvalue weighted by molar-refractivity contribution is 7.12. The van der Waals surface area contributed by atoms with Crippen molar-refractivity contribution >= 4 is 40.1 Å². The molecule has 0 saturated carbocycles. The molecule has 0 aliphatic carbocycles. The first-order valence-electron chi connectivity index (χ1n) is 9.33. The number of nitrogens with zero attached hydrogens (tertiary/aromatic N) is 6. The van der Waals surface area contributed by atoms with Gasteiger partial charge < -0.3 is 20.7 Å². The second kappa shape index (κ2) is 7.69. The van der Waals surface area contributed by atoms with Crippen molar-refractivity contribution in [3.63, 3.8) is 0 Å². The van der Waals surface area contributed by atoms with E-state index < -0.39 is 5.91 Å². The molecule has 1 aliphatic heterocycles. The number of benzene rings is 1. The maximum absolute atomic E-state index is 11.3. The minimum Gasteiger partial charge on any atom is -0.378 e. The van der Waals surface area contributed by atoms with Crippen LogP contribution < -0.4 is 16.0 Å². The van der Waals surface area contributed by atoms with Crippen LogP contribution in [0, 0.1) is 0 Å². The number of rotatable bonds is 5. The molecule has 0 bridgehead atoms. The highest BCUT2D eigenvalue weighted by Gasteiger charge is 2.16. The van der Waals surface area contributed by atoms with Crippen LogP contribution in [0.2, 0.25) is 0 Å². The van der Waals surface area contributed by atoms with Crippen molar-refractivity contribution in [1.82, 2.24) is 24.6 Å². The topological polar surface area (TPSA) is 124 Å². The van der Waals surface area contributed by atoms with E-state index in [1.54, 1.807) is 16.1 Å². The van der Waals surface area contributed by atoms with Gasteiger partial charge in [-0.25, -0.2) is 19.5 Å². The molecule has 11 heteroatoms. The minimum absolute atomic E-state index is 0.237. The van der Waals surface area contributed by atoms with E-state index in [0.29, 0.717) is 22.9 Å². The summed E-state index contributed by atoms with van der Waals surface area (Å²) in [4.78, 5) is 26.7. The van der Waals surface area contributed by atoms with Gasteiger partial charge in [-0.05, 0) is 24.3 Å². The molecule has 1 amide bonds. The van der Waals surface area contributed by atoms with Gasteiger partial charge in [0.2, 0.25) is 0 Å². The van der Waals surface area contributed by atoms with E-state index in [4.69, 9.17) is 10.5 Å². The number of aromatic nitrogens is 5. The Morgan fingerprint density at radius 3 is 2.70 bits per heavy atom. The van der Waals surface area contributed by atoms with Crippen molar-refractivity contribution in [2.45, 2.75) is 0 Å². The average Bonchev–Trinajstić information content (AvgIpc) is 3.46. The summed E-state index contributed by atoms with van der Waals surface area (Å²) in [6, 6.07) is 8.16. The third-order valence-corrected chi connectivity index (χ3v) is 5.64. The van der Waals surface area contributed by atoms with Crippen LogP contribution in [0.15, 0.2) is 42.2 Å². The van der Waals surface area contributed by atoms with E-state index in [-0.39, 0.29) is 5.01 Å². The van der Waals surface area contributed by atoms with Crippen LogP contribution in [-0.4, -0.2) is 56.8 Å². The van der Waals surface area contributed by atoms with Crippen LogP contribution in [-0.2, 0) is 4.74 Å². The lowest BCUT2D eigenvalue weighted by molar-refractivity contribution is 0.1000. The zero-order valence-corrected chi connectivity index (χ0v) is 16.7. The number of amides is 1. The fourth-order valence-corrected chi connectivity index (χ4v) is 3.96. The SMILES string of the molecule is NC(=O)c1nc(-c2cnc(Nc3ccc(N4CCOCC4)cc3)c3ncnn23)cs1. The number of morpholine rings is 1. The number of hydrogen-bond acceptors (Lipinski definition) is 9. The predicted octanol–water partition coefficient (Wildman–Crippen LogP) is 1.93. The van der Waals surface area contributed by atoms with E-state index in [1.165, 1.54) is 17.7 Å². The first-order chi connectivity index (χ1) is 14.7. The fraction of sp³-hybridized carbons (Fsp3) is 0.211. The van der Waals surface area contributed by atoms with Gasteiger partial charge in [0.15, 0.2) is 16.5 Å². The fourth-order valence-electron chi connectivity index (χ4n) is 3.30. The molecule has 10 nitrogen and oxygen atoms in total. The zero-order chi connectivity index (χ0) is 20.5. The monoisotopic (exact) mass is 422 g/mol. The highest BCUT2D eigenvalue weighted by Crippen LogP contribution is 2.26. The Balaban J connectivity index is 1.41. The smallest absolute Gasteiger partial charge is 0.277 e. The standard InChI is InChI=1S/C19H18N8O2S/c20-16(28)19-25-14(10-30-19)15-9-21-17(18-22-11-23-27(15)18)24-12-1-3-13(4-2-12)26-5-7-29-8-6-26/h1-4,9-11H,5-8H2,(H2,20,28)(H,21,24). The highest BCUT2D eigenvalue weighted by atomic mass is 32.1. The van der Waals surface area contributed by atoms with Crippen LogP contribution in [0.1, 0.15) is 9.80 Å². The van der Waals surface area contributed by atoms with Crippen molar-refractivity contribution < 1.29 is 9.53 Å². The first kappa shape index (κ1) is 18.5. The molecular formula is C19H18N8O2S. The molecule has 1 saturated heterocycles. The summed E-state index contributed by atoms with van der Waals surface area (Å²) in [6.45, 7) is 3.29. The molecule has 30 heavy (non-hydrogen) atoms. The number of carbonyl (C=O) groups excluding carboxylic acids is 1. The van der Waals surface area contributed by atoms with Crippen molar-refractivity contribution in [3.8, 4) is 11.4 Å². The number of nitrogens with two attached hydrogens (primary N) is 1. The number of nitrogens with one attached hydrogen (secondary N) is 1. The number of thiazole rings is 1. The van der Waals surface area contributed by atoms with Crippen molar-refractivity contribution in [2.75, 3.05) is 36.5 Å². The molecular weight excluding hydrogens is 404 g/mol. The van der Waals surface area contributed by atoms with E-state index in [0.717, 1.165) is 37.7 Å². The van der Waals surface area contributed by atoms with Crippen LogP contribution >= 0.6 is 11.3 Å². The molecule has 0 atom stereocenters. The molecule has 0 unspecified atom stereocenters. The largest absolute Gasteiger partial charge is 0.378 e. The molecule has 4 aromatic rings. The zero-order valence-electron chi connectivity index (χ0n) is 15.9. The van der Waals surface area contributed by atoms with Gasteiger partial charge in [0, 0.05) is 29.8 Å². The van der Waals surface area contributed by atoms with E-state index in [9.17, 15) is 4.79 Å². The lowest BCUT2D eigenvalue weighted by Crippen LogP contribution is -2.36. The predicted molar refractivity (Wildman–Crippen MR) is 113 cm³/mol. The van der Waals surface area contributed by atoms with E-state index >= 15 is 0 Å². The third kappa shape index (κ3) is 3.44. The third-order valence-electron chi connectivity index (χ3n) is 4.79. The Morgan fingerprint density at radius 2 is 1.97 bits per heavy atom. The summed E-state index contributed by atoms with van der Waals surface area (Å²) in [5.41, 5.74) is 9.10. The van der Waals surface area contributed by atoms with Gasteiger partial charge in [-0.15, -0.1) is 11.3 Å². The van der Waals surface area contributed by atoms with Crippen molar-refractivity contribution in [2.24, 2.45) is 5.73 Å². The van der Waals surface area contributed by atoms with Crippen molar-refractivity contribution in [3.05, 3.63) is 47.2 Å². The summed E-state index contributed by atoms with van der Waals surface area (Å²) in [7, 11) is 0. The molecule has 4 heterocycles. The van der Waals surface area contributed by atoms with Crippen LogP contribution in [0.3, 0.4) is 0 Å². The number of anilines is 3. The van der Waals surface area contributed by atoms with Gasteiger partial charge in [0.05, 0.1) is 19.4 Å². The average molecular weight is 422 g/mol. The second-order valence-corrected chi connectivity index (χ2v) is 7.52. The van der Waals surface area contributed by atoms with Crippen LogP contribution in [0.25, 0.3) is 17.0 Å². The second-order valence-electron chi connectivity index (χ2n) is 6.66. The quantitative estimate of drug-likeness (QED) is 0.500. The Morgan fingerprint density at radius 1 is 1.17 bits per heavy atom.